The van der Waals surface area contributed by atoms with Crippen LogP contribution in [0.1, 0.15) is 10.4 Å². The summed E-state index contributed by atoms with van der Waals surface area (Å²) in [7, 11) is 0. The molecule has 0 radical (unpaired) electrons. The maximum absolute atomic E-state index is 12.8. The van der Waals surface area contributed by atoms with E-state index in [2.05, 4.69) is 15.4 Å². The molecule has 2 aromatic carbocycles. The lowest BCUT2D eigenvalue weighted by Crippen LogP contribution is -2.36. The van der Waals surface area contributed by atoms with Gasteiger partial charge in [0.2, 0.25) is 4.96 Å². The summed E-state index contributed by atoms with van der Waals surface area (Å²) >= 11 is 1.41. The van der Waals surface area contributed by atoms with Gasteiger partial charge < -0.3 is 9.64 Å². The van der Waals surface area contributed by atoms with E-state index in [0.29, 0.717) is 37.0 Å². The van der Waals surface area contributed by atoms with Crippen molar-refractivity contribution in [3.05, 3.63) is 69.6 Å². The Morgan fingerprint density at radius 1 is 1.16 bits per heavy atom. The molecule has 1 aliphatic heterocycles. The van der Waals surface area contributed by atoms with E-state index in [1.54, 1.807) is 16.6 Å². The summed E-state index contributed by atoms with van der Waals surface area (Å²) in [5.41, 5.74) is 2.36. The molecule has 0 spiro atoms. The van der Waals surface area contributed by atoms with Crippen LogP contribution in [0, 0.1) is 10.1 Å². The summed E-state index contributed by atoms with van der Waals surface area (Å²) in [4.78, 5) is 30.8. The molecule has 5 rings (SSSR count). The highest BCUT2D eigenvalue weighted by Crippen LogP contribution is 2.30. The number of amides is 1. The van der Waals surface area contributed by atoms with Gasteiger partial charge in [-0.2, -0.15) is 4.98 Å². The van der Waals surface area contributed by atoms with Gasteiger partial charge in [0.15, 0.2) is 0 Å². The fraction of sp³-hybridized carbons (Fsp3) is 0.190. The molecule has 4 aromatic rings. The fourth-order valence-electron chi connectivity index (χ4n) is 3.60. The van der Waals surface area contributed by atoms with Crippen LogP contribution in [0.4, 0.5) is 17.3 Å². The van der Waals surface area contributed by atoms with E-state index in [9.17, 15) is 14.9 Å². The molecular formula is C21H18N6O4S. The van der Waals surface area contributed by atoms with Crippen LogP contribution in [0.25, 0.3) is 16.2 Å². The first-order valence-corrected chi connectivity index (χ1v) is 10.8. The lowest BCUT2D eigenvalue weighted by molar-refractivity contribution is -0.384. The summed E-state index contributed by atoms with van der Waals surface area (Å²) in [6.45, 7) is 2.14. The quantitative estimate of drug-likeness (QED) is 0.366. The third kappa shape index (κ3) is 3.79. The van der Waals surface area contributed by atoms with Crippen LogP contribution >= 0.6 is 11.3 Å². The van der Waals surface area contributed by atoms with Crippen molar-refractivity contribution in [2.24, 2.45) is 0 Å². The number of hydrogen-bond acceptors (Lipinski definition) is 8. The number of carbonyl (C=O) groups excluding carboxylic acids is 1. The van der Waals surface area contributed by atoms with Crippen molar-refractivity contribution in [3.63, 3.8) is 0 Å². The van der Waals surface area contributed by atoms with Crippen molar-refractivity contribution in [1.82, 2.24) is 14.6 Å². The standard InChI is InChI=1S/C21H18N6O4S/c28-19(15-6-7-16(17(12-15)27(29)30)25-8-10-31-11-9-25)22-20-23-21-26(24-20)18(13-32-21)14-4-2-1-3-5-14/h1-7,12-13H,8-11H2,(H,22,24,28). The number of morpholine rings is 1. The average Bonchev–Trinajstić information content (AvgIpc) is 3.40. The lowest BCUT2D eigenvalue weighted by Gasteiger charge is -2.28. The Kier molecular flexibility index (Phi) is 5.25. The molecular weight excluding hydrogens is 432 g/mol. The smallest absolute Gasteiger partial charge is 0.293 e. The molecule has 1 aliphatic rings. The van der Waals surface area contributed by atoms with Crippen molar-refractivity contribution in [3.8, 4) is 11.3 Å². The Balaban J connectivity index is 1.40. The molecule has 0 saturated carbocycles. The van der Waals surface area contributed by atoms with E-state index in [4.69, 9.17) is 4.74 Å². The zero-order valence-electron chi connectivity index (χ0n) is 16.8. The molecule has 3 heterocycles. The Bertz CT molecular complexity index is 1300. The monoisotopic (exact) mass is 450 g/mol. The van der Waals surface area contributed by atoms with Crippen LogP contribution in [0.15, 0.2) is 53.9 Å². The summed E-state index contributed by atoms with van der Waals surface area (Å²) in [5.74, 6) is -0.375. The highest BCUT2D eigenvalue weighted by Gasteiger charge is 2.24. The number of ether oxygens (including phenoxy) is 1. The third-order valence-electron chi connectivity index (χ3n) is 5.16. The minimum atomic E-state index is -0.513. The summed E-state index contributed by atoms with van der Waals surface area (Å²) in [6.07, 6.45) is 0. The van der Waals surface area contributed by atoms with Crippen LogP contribution < -0.4 is 10.2 Å². The predicted octanol–water partition coefficient (Wildman–Crippen LogP) is 3.45. The van der Waals surface area contributed by atoms with E-state index in [0.717, 1.165) is 11.3 Å². The first-order chi connectivity index (χ1) is 15.6. The van der Waals surface area contributed by atoms with Crippen LogP contribution in [0.3, 0.4) is 0 Å². The van der Waals surface area contributed by atoms with Crippen LogP contribution in [0.5, 0.6) is 0 Å². The number of nitro groups is 1. The molecule has 32 heavy (non-hydrogen) atoms. The number of benzene rings is 2. The van der Waals surface area contributed by atoms with E-state index < -0.39 is 10.8 Å². The molecule has 1 N–H and O–H groups in total. The molecule has 0 unspecified atom stereocenters. The van der Waals surface area contributed by atoms with E-state index >= 15 is 0 Å². The van der Waals surface area contributed by atoms with E-state index in [1.165, 1.54) is 17.4 Å². The minimum Gasteiger partial charge on any atom is -0.378 e. The summed E-state index contributed by atoms with van der Waals surface area (Å²) < 4.78 is 6.98. The highest BCUT2D eigenvalue weighted by atomic mass is 32.1. The number of nitrogens with zero attached hydrogens (tertiary/aromatic N) is 5. The van der Waals surface area contributed by atoms with Gasteiger partial charge in [0.05, 0.1) is 23.8 Å². The molecule has 11 heteroatoms. The number of carbonyl (C=O) groups is 1. The molecule has 162 valence electrons. The maximum atomic E-state index is 12.8. The molecule has 1 amide bonds. The first-order valence-electron chi connectivity index (χ1n) is 9.92. The Hall–Kier alpha value is -3.83. The fourth-order valence-corrected chi connectivity index (χ4v) is 4.43. The molecule has 0 atom stereocenters. The second kappa shape index (κ2) is 8.36. The lowest BCUT2D eigenvalue weighted by atomic mass is 10.1. The van der Waals surface area contributed by atoms with E-state index in [1.807, 2.05) is 40.6 Å². The second-order valence-corrected chi connectivity index (χ2v) is 7.97. The summed E-state index contributed by atoms with van der Waals surface area (Å²) in [6, 6.07) is 14.2. The Morgan fingerprint density at radius 3 is 2.69 bits per heavy atom. The van der Waals surface area contributed by atoms with Crippen molar-refractivity contribution in [1.29, 1.82) is 0 Å². The number of rotatable bonds is 5. The van der Waals surface area contributed by atoms with Gasteiger partial charge in [-0.1, -0.05) is 30.3 Å². The van der Waals surface area contributed by atoms with Crippen molar-refractivity contribution in [2.75, 3.05) is 36.5 Å². The second-order valence-electron chi connectivity index (χ2n) is 7.13. The van der Waals surface area contributed by atoms with Crippen LogP contribution in [0.2, 0.25) is 0 Å². The Morgan fingerprint density at radius 2 is 1.94 bits per heavy atom. The predicted molar refractivity (Wildman–Crippen MR) is 120 cm³/mol. The topological polar surface area (TPSA) is 115 Å². The van der Waals surface area contributed by atoms with Crippen molar-refractivity contribution >= 4 is 39.5 Å². The molecule has 10 nitrogen and oxygen atoms in total. The molecule has 0 aliphatic carbocycles. The van der Waals surface area contributed by atoms with Crippen molar-refractivity contribution in [2.45, 2.75) is 0 Å². The highest BCUT2D eigenvalue weighted by molar-refractivity contribution is 7.15. The number of fused-ring (bicyclic) bond motifs is 1. The molecule has 0 bridgehead atoms. The van der Waals surface area contributed by atoms with Gasteiger partial charge >= 0.3 is 0 Å². The zero-order chi connectivity index (χ0) is 22.1. The number of thiazole rings is 1. The van der Waals surface area contributed by atoms with Gasteiger partial charge in [-0.3, -0.25) is 20.2 Å². The normalized spacial score (nSPS) is 13.9. The molecule has 1 fully saturated rings. The average molecular weight is 450 g/mol. The van der Waals surface area contributed by atoms with Gasteiger partial charge in [-0.25, -0.2) is 4.52 Å². The van der Waals surface area contributed by atoms with Gasteiger partial charge in [0.25, 0.3) is 17.5 Å². The number of anilines is 2. The zero-order valence-corrected chi connectivity index (χ0v) is 17.6. The van der Waals surface area contributed by atoms with E-state index in [-0.39, 0.29) is 17.2 Å². The van der Waals surface area contributed by atoms with Crippen LogP contribution in [-0.2, 0) is 4.74 Å². The third-order valence-corrected chi connectivity index (χ3v) is 5.98. The minimum absolute atomic E-state index is 0.121. The van der Waals surface area contributed by atoms with Gasteiger partial charge in [-0.15, -0.1) is 16.4 Å². The van der Waals surface area contributed by atoms with Gasteiger partial charge in [0, 0.05) is 35.7 Å². The number of nitrogens with one attached hydrogen (secondary N) is 1. The Labute approximate surface area is 186 Å². The largest absolute Gasteiger partial charge is 0.378 e. The van der Waals surface area contributed by atoms with Crippen molar-refractivity contribution < 1.29 is 14.5 Å². The first kappa shape index (κ1) is 20.1. The SMILES string of the molecule is O=C(Nc1nc2scc(-c3ccccc3)n2n1)c1ccc(N2CCOCC2)c([N+](=O)[O-])c1. The number of hydrogen-bond donors (Lipinski definition) is 1. The van der Waals surface area contributed by atoms with Gasteiger partial charge in [0.1, 0.15) is 5.69 Å². The molecule has 1 saturated heterocycles. The van der Waals surface area contributed by atoms with Crippen LogP contribution in [-0.4, -0.2) is 51.7 Å². The number of nitro benzene ring substituents is 1. The number of aromatic nitrogens is 3. The van der Waals surface area contributed by atoms with Gasteiger partial charge in [-0.05, 0) is 12.1 Å². The molecule has 2 aromatic heterocycles. The summed E-state index contributed by atoms with van der Waals surface area (Å²) in [5, 5.41) is 20.6. The maximum Gasteiger partial charge on any atom is 0.293 e.